The highest BCUT2D eigenvalue weighted by Gasteiger charge is 2.88. The van der Waals surface area contributed by atoms with Crippen LogP contribution in [0.3, 0.4) is 0 Å². The summed E-state index contributed by atoms with van der Waals surface area (Å²) in [7, 11) is 0. The molecule has 0 aromatic rings. The normalized spacial score (nSPS) is 14.9. The van der Waals surface area contributed by atoms with Gasteiger partial charge < -0.3 is 0 Å². The second-order valence-corrected chi connectivity index (χ2v) is 5.21. The maximum absolute atomic E-state index is 12.0. The van der Waals surface area contributed by atoms with Gasteiger partial charge in [-0.15, -0.1) is 0 Å². The molecule has 0 spiro atoms. The maximum Gasteiger partial charge on any atom is 0.460 e. The van der Waals surface area contributed by atoms with Crippen LogP contribution in [0.4, 0.5) is 52.7 Å². The Morgan fingerprint density at radius 3 is 0.652 bits per heavy atom. The van der Waals surface area contributed by atoms with Gasteiger partial charge in [-0.25, -0.2) is 0 Å². The number of hydrogen-bond acceptors (Lipinski definition) is 0. The summed E-state index contributed by atoms with van der Waals surface area (Å²) in [5.74, 6) is -21.0. The predicted octanol–water partition coefficient (Wildman–Crippen LogP) is 6.32. The van der Waals surface area contributed by atoms with Crippen LogP contribution in [0.1, 0.15) is 27.7 Å². The van der Waals surface area contributed by atoms with Crippen molar-refractivity contribution in [1.82, 2.24) is 0 Å². The Hall–Kier alpha value is -0.840. The Bertz CT molecular complexity index is 326. The molecule has 0 N–H and O–H groups in total. The summed E-state index contributed by atoms with van der Waals surface area (Å²) in [6.07, 6.45) is -14.5. The summed E-state index contributed by atoms with van der Waals surface area (Å²) in [5.41, 5.74) is 0. The van der Waals surface area contributed by atoms with E-state index in [1.165, 1.54) is 0 Å². The van der Waals surface area contributed by atoms with Crippen LogP contribution in [0.5, 0.6) is 0 Å². The number of hydrogen-bond donors (Lipinski definition) is 0. The number of rotatable bonds is 3. The van der Waals surface area contributed by atoms with Crippen LogP contribution in [0.15, 0.2) is 0 Å². The van der Waals surface area contributed by atoms with Gasteiger partial charge in [0.25, 0.3) is 0 Å². The molecule has 0 aromatic heterocycles. The van der Waals surface area contributed by atoms with Gasteiger partial charge in [0.1, 0.15) is 0 Å². The molecular weight excluding hydrogens is 360 g/mol. The van der Waals surface area contributed by atoms with Gasteiger partial charge in [0.15, 0.2) is 0 Å². The quantitative estimate of drug-likeness (QED) is 0.508. The fraction of sp³-hybridized carbons (Fsp3) is 1.00. The van der Waals surface area contributed by atoms with E-state index in [-0.39, 0.29) is 0 Å². The molecule has 0 nitrogen and oxygen atoms in total. The SMILES string of the molecule is CC(C)C(C)C.FC(F)(F)C(F)(F)C(F)(F)C(F)(F)C(F)(F)F. The second-order valence-electron chi connectivity index (χ2n) is 5.21. The monoisotopic (exact) mass is 374 g/mol. The van der Waals surface area contributed by atoms with Crippen LogP contribution >= 0.6 is 0 Å². The summed E-state index contributed by atoms with van der Waals surface area (Å²) in [5, 5.41) is 0. The molecule has 0 saturated heterocycles. The first-order valence-corrected chi connectivity index (χ1v) is 5.91. The first-order valence-electron chi connectivity index (χ1n) is 5.91. The molecule has 142 valence electrons. The van der Waals surface area contributed by atoms with Crippen molar-refractivity contribution in [2.45, 2.75) is 57.8 Å². The lowest BCUT2D eigenvalue weighted by molar-refractivity contribution is -0.438. The minimum atomic E-state index is -7.66. The van der Waals surface area contributed by atoms with E-state index >= 15 is 0 Å². The fourth-order valence-electron chi connectivity index (χ4n) is 0.553. The molecule has 0 bridgehead atoms. The molecule has 0 atom stereocenters. The smallest absolute Gasteiger partial charge is 0.192 e. The molecule has 0 rings (SSSR count). The van der Waals surface area contributed by atoms with Gasteiger partial charge in [0, 0.05) is 0 Å². The Morgan fingerprint density at radius 1 is 0.391 bits per heavy atom. The highest BCUT2D eigenvalue weighted by molar-refractivity contribution is 5.03. The third-order valence-corrected chi connectivity index (χ3v) is 2.83. The van der Waals surface area contributed by atoms with Gasteiger partial charge in [0.05, 0.1) is 0 Å². The van der Waals surface area contributed by atoms with E-state index in [4.69, 9.17) is 0 Å². The zero-order chi connectivity index (χ0) is 19.7. The van der Waals surface area contributed by atoms with Crippen molar-refractivity contribution in [3.05, 3.63) is 0 Å². The van der Waals surface area contributed by atoms with Crippen LogP contribution in [0, 0.1) is 11.8 Å². The maximum atomic E-state index is 12.0. The average molecular weight is 374 g/mol. The predicted molar refractivity (Wildman–Crippen MR) is 56.6 cm³/mol. The van der Waals surface area contributed by atoms with Crippen LogP contribution in [-0.4, -0.2) is 30.1 Å². The van der Waals surface area contributed by atoms with Crippen LogP contribution in [-0.2, 0) is 0 Å². The fourth-order valence-corrected chi connectivity index (χ4v) is 0.553. The first kappa shape index (κ1) is 24.4. The third kappa shape index (κ3) is 5.07. The lowest BCUT2D eigenvalue weighted by Gasteiger charge is -2.34. The highest BCUT2D eigenvalue weighted by Crippen LogP contribution is 2.57. The Labute approximate surface area is 123 Å². The second kappa shape index (κ2) is 6.96. The summed E-state index contributed by atoms with van der Waals surface area (Å²) in [6.45, 7) is 8.96. The largest absolute Gasteiger partial charge is 0.460 e. The van der Waals surface area contributed by atoms with Crippen molar-refractivity contribution in [3.63, 3.8) is 0 Å². The Balaban J connectivity index is 0. The van der Waals surface area contributed by atoms with Crippen LogP contribution < -0.4 is 0 Å². The van der Waals surface area contributed by atoms with Gasteiger partial charge in [-0.2, -0.15) is 52.7 Å². The van der Waals surface area contributed by atoms with Gasteiger partial charge in [-0.3, -0.25) is 0 Å². The van der Waals surface area contributed by atoms with Crippen molar-refractivity contribution < 1.29 is 52.7 Å². The summed E-state index contributed by atoms with van der Waals surface area (Å²) in [4.78, 5) is 0. The lowest BCUT2D eigenvalue weighted by Crippen LogP contribution is -2.65. The molecule has 0 saturated carbocycles. The molecule has 0 unspecified atom stereocenters. The first-order chi connectivity index (χ1) is 9.64. The molecule has 0 fully saturated rings. The van der Waals surface area contributed by atoms with E-state index in [0.717, 1.165) is 11.8 Å². The van der Waals surface area contributed by atoms with Crippen LogP contribution in [0.25, 0.3) is 0 Å². The molecule has 23 heavy (non-hydrogen) atoms. The zero-order valence-corrected chi connectivity index (χ0v) is 12.2. The molecular formula is C11H14F12. The molecule has 0 aromatic carbocycles. The molecule has 0 heterocycles. The van der Waals surface area contributed by atoms with Crippen molar-refractivity contribution in [2.75, 3.05) is 0 Å². The van der Waals surface area contributed by atoms with Crippen molar-refractivity contribution in [2.24, 2.45) is 11.8 Å². The molecule has 0 aliphatic rings. The molecule has 12 heteroatoms. The molecule has 0 aliphatic heterocycles. The number of halogens is 12. The number of alkyl halides is 12. The molecule has 0 amide bonds. The van der Waals surface area contributed by atoms with Gasteiger partial charge in [-0.05, 0) is 11.8 Å². The highest BCUT2D eigenvalue weighted by atomic mass is 19.4. The van der Waals surface area contributed by atoms with Crippen molar-refractivity contribution >= 4 is 0 Å². The minimum Gasteiger partial charge on any atom is -0.192 e. The third-order valence-electron chi connectivity index (χ3n) is 2.83. The van der Waals surface area contributed by atoms with E-state index in [2.05, 4.69) is 27.7 Å². The zero-order valence-electron chi connectivity index (χ0n) is 12.2. The molecule has 0 aliphatic carbocycles. The lowest BCUT2D eigenvalue weighted by atomic mass is 10.0. The average Bonchev–Trinajstić information content (AvgIpc) is 2.25. The summed E-state index contributed by atoms with van der Waals surface area (Å²) in [6, 6.07) is 0. The minimum absolute atomic E-state index is 0.852. The van der Waals surface area contributed by atoms with E-state index in [0.29, 0.717) is 0 Å². The van der Waals surface area contributed by atoms with E-state index in [9.17, 15) is 52.7 Å². The van der Waals surface area contributed by atoms with Crippen molar-refractivity contribution in [1.29, 1.82) is 0 Å². The van der Waals surface area contributed by atoms with E-state index in [1.807, 2.05) is 0 Å². The Morgan fingerprint density at radius 2 is 0.565 bits per heavy atom. The summed E-state index contributed by atoms with van der Waals surface area (Å²) < 4.78 is 139. The van der Waals surface area contributed by atoms with E-state index in [1.54, 1.807) is 0 Å². The topological polar surface area (TPSA) is 0 Å². The van der Waals surface area contributed by atoms with Crippen LogP contribution in [0.2, 0.25) is 0 Å². The summed E-state index contributed by atoms with van der Waals surface area (Å²) >= 11 is 0. The van der Waals surface area contributed by atoms with Gasteiger partial charge >= 0.3 is 30.1 Å². The van der Waals surface area contributed by atoms with Gasteiger partial charge in [-0.1, -0.05) is 27.7 Å². The van der Waals surface area contributed by atoms with Crippen molar-refractivity contribution in [3.8, 4) is 0 Å². The standard InChI is InChI=1S/C6H14.C5F12/c1-5(2)6(3)4;6-1(7,2(8,9)4(12,13)14)3(10,11)5(15,16)17/h5-6H,1-4H3;. The van der Waals surface area contributed by atoms with E-state index < -0.39 is 30.1 Å². The van der Waals surface area contributed by atoms with Gasteiger partial charge in [0.2, 0.25) is 0 Å². The Kier molecular flexibility index (Phi) is 7.38. The molecule has 0 radical (unpaired) electrons.